The Morgan fingerprint density at radius 2 is 1.92 bits per heavy atom. The molecule has 0 aliphatic carbocycles. The van der Waals surface area contributed by atoms with Gasteiger partial charge < -0.3 is 4.90 Å². The van der Waals surface area contributed by atoms with Crippen LogP contribution in [0.15, 0.2) is 36.4 Å². The maximum atomic E-state index is 12.7. The molecule has 138 valence electrons. The molecule has 2 aliphatic heterocycles. The molecule has 0 bridgehead atoms. The van der Waals surface area contributed by atoms with E-state index in [0.29, 0.717) is 25.3 Å². The van der Waals surface area contributed by atoms with Crippen LogP contribution in [0, 0.1) is 18.8 Å². The Morgan fingerprint density at radius 1 is 1.19 bits per heavy atom. The molecule has 1 amide bonds. The van der Waals surface area contributed by atoms with Gasteiger partial charge in [-0.25, -0.2) is 8.42 Å². The summed E-state index contributed by atoms with van der Waals surface area (Å²) < 4.78 is 26.2. The summed E-state index contributed by atoms with van der Waals surface area (Å²) in [5.74, 6) is 0.136. The number of carbonyl (C=O) groups is 1. The Hall–Kier alpha value is -2.19. The van der Waals surface area contributed by atoms with Gasteiger partial charge in [-0.15, -0.1) is 0 Å². The SMILES string of the molecule is Cc1cc(C(=O)N2C[C@@H]3CN(S(C)(=O)=O)[C@@H](c4ccccc4)[C@@H]3C2)n[nH]1. The highest BCUT2D eigenvalue weighted by Gasteiger charge is 2.51. The van der Waals surface area contributed by atoms with Crippen LogP contribution < -0.4 is 0 Å². The first kappa shape index (κ1) is 17.2. The number of rotatable bonds is 3. The number of likely N-dealkylation sites (tertiary alicyclic amines) is 1. The van der Waals surface area contributed by atoms with Gasteiger partial charge in [0.15, 0.2) is 0 Å². The first-order valence-corrected chi connectivity index (χ1v) is 10.5. The molecule has 2 aliphatic rings. The Morgan fingerprint density at radius 3 is 2.54 bits per heavy atom. The maximum Gasteiger partial charge on any atom is 0.274 e. The van der Waals surface area contributed by atoms with Crippen LogP contribution in [0.4, 0.5) is 0 Å². The quantitative estimate of drug-likeness (QED) is 0.880. The van der Waals surface area contributed by atoms with Crippen LogP contribution in [0.1, 0.15) is 27.8 Å². The minimum atomic E-state index is -3.32. The topological polar surface area (TPSA) is 86.4 Å². The van der Waals surface area contributed by atoms with E-state index in [4.69, 9.17) is 0 Å². The normalized spacial score (nSPS) is 26.2. The van der Waals surface area contributed by atoms with Crippen LogP contribution in [0.2, 0.25) is 0 Å². The highest BCUT2D eigenvalue weighted by Crippen LogP contribution is 2.46. The number of sulfonamides is 1. The molecule has 8 heteroatoms. The van der Waals surface area contributed by atoms with E-state index in [0.717, 1.165) is 11.3 Å². The monoisotopic (exact) mass is 374 g/mol. The van der Waals surface area contributed by atoms with Gasteiger partial charge in [0.25, 0.3) is 5.91 Å². The zero-order valence-corrected chi connectivity index (χ0v) is 15.6. The Bertz CT molecular complexity index is 925. The van der Waals surface area contributed by atoms with Crippen LogP contribution in [0.25, 0.3) is 0 Å². The van der Waals surface area contributed by atoms with E-state index < -0.39 is 10.0 Å². The molecule has 1 N–H and O–H groups in total. The third-order valence-corrected chi connectivity index (χ3v) is 6.63. The van der Waals surface area contributed by atoms with Crippen molar-refractivity contribution in [1.29, 1.82) is 0 Å². The molecule has 0 unspecified atom stereocenters. The van der Waals surface area contributed by atoms with Crippen molar-refractivity contribution in [3.05, 3.63) is 53.3 Å². The highest BCUT2D eigenvalue weighted by atomic mass is 32.2. The predicted molar refractivity (Wildman–Crippen MR) is 96.9 cm³/mol. The van der Waals surface area contributed by atoms with Gasteiger partial charge in [-0.3, -0.25) is 9.89 Å². The summed E-state index contributed by atoms with van der Waals surface area (Å²) in [5, 5.41) is 6.86. The first-order valence-electron chi connectivity index (χ1n) is 8.67. The van der Waals surface area contributed by atoms with Crippen molar-refractivity contribution in [2.45, 2.75) is 13.0 Å². The lowest BCUT2D eigenvalue weighted by atomic mass is 9.90. The number of hydrogen-bond donors (Lipinski definition) is 1. The molecule has 26 heavy (non-hydrogen) atoms. The van der Waals surface area contributed by atoms with Crippen molar-refractivity contribution in [2.24, 2.45) is 11.8 Å². The Kier molecular flexibility index (Phi) is 4.11. The van der Waals surface area contributed by atoms with Crippen molar-refractivity contribution in [3.63, 3.8) is 0 Å². The molecule has 2 saturated heterocycles. The number of nitrogens with zero attached hydrogens (tertiary/aromatic N) is 3. The zero-order valence-electron chi connectivity index (χ0n) is 14.8. The molecule has 1 aromatic heterocycles. The van der Waals surface area contributed by atoms with Crippen LogP contribution in [0.3, 0.4) is 0 Å². The largest absolute Gasteiger partial charge is 0.337 e. The number of hydrogen-bond acceptors (Lipinski definition) is 4. The third kappa shape index (κ3) is 2.93. The van der Waals surface area contributed by atoms with Gasteiger partial charge >= 0.3 is 0 Å². The Labute approximate surface area is 153 Å². The zero-order chi connectivity index (χ0) is 18.5. The van der Waals surface area contributed by atoms with Crippen LogP contribution in [-0.4, -0.2) is 59.6 Å². The summed E-state index contributed by atoms with van der Waals surface area (Å²) in [6.45, 7) is 3.41. The van der Waals surface area contributed by atoms with Gasteiger partial charge in [-0.05, 0) is 24.5 Å². The molecule has 2 fully saturated rings. The average Bonchev–Trinajstić information content (AvgIpc) is 3.27. The molecular weight excluding hydrogens is 352 g/mol. The number of H-pyrrole nitrogens is 1. The van der Waals surface area contributed by atoms with Crippen molar-refractivity contribution < 1.29 is 13.2 Å². The standard InChI is InChI=1S/C18H22N4O3S/c1-12-8-16(20-19-12)18(23)21-9-14-10-22(26(2,24)25)17(15(14)11-21)13-6-4-3-5-7-13/h3-8,14-15,17H,9-11H2,1-2H3,(H,19,20)/t14-,15-,17+/m1/s1. The summed E-state index contributed by atoms with van der Waals surface area (Å²) in [4.78, 5) is 14.5. The number of aromatic amines is 1. The van der Waals surface area contributed by atoms with Crippen LogP contribution >= 0.6 is 0 Å². The lowest BCUT2D eigenvalue weighted by Gasteiger charge is -2.28. The van der Waals surface area contributed by atoms with Gasteiger partial charge in [0.05, 0.1) is 12.3 Å². The van der Waals surface area contributed by atoms with E-state index in [9.17, 15) is 13.2 Å². The lowest BCUT2D eigenvalue weighted by molar-refractivity contribution is 0.0768. The molecule has 7 nitrogen and oxygen atoms in total. The average molecular weight is 374 g/mol. The van der Waals surface area contributed by atoms with E-state index >= 15 is 0 Å². The van der Waals surface area contributed by atoms with Crippen molar-refractivity contribution in [2.75, 3.05) is 25.9 Å². The van der Waals surface area contributed by atoms with Gasteiger partial charge in [0.2, 0.25) is 10.0 Å². The molecule has 2 aromatic rings. The van der Waals surface area contributed by atoms with E-state index in [-0.39, 0.29) is 23.8 Å². The second-order valence-electron chi connectivity index (χ2n) is 7.26. The number of amides is 1. The number of carbonyl (C=O) groups excluding carboxylic acids is 1. The molecule has 0 spiro atoms. The molecule has 1 aromatic carbocycles. The minimum absolute atomic E-state index is 0.0936. The number of nitrogens with one attached hydrogen (secondary N) is 1. The van der Waals surface area contributed by atoms with E-state index in [1.54, 1.807) is 15.3 Å². The van der Waals surface area contributed by atoms with Crippen LogP contribution in [0.5, 0.6) is 0 Å². The summed E-state index contributed by atoms with van der Waals surface area (Å²) in [7, 11) is -3.32. The van der Waals surface area contributed by atoms with Gasteiger partial charge in [0, 0.05) is 31.2 Å². The smallest absolute Gasteiger partial charge is 0.274 e. The lowest BCUT2D eigenvalue weighted by Crippen LogP contribution is -2.37. The molecule has 4 rings (SSSR count). The van der Waals surface area contributed by atoms with Gasteiger partial charge in [0.1, 0.15) is 5.69 Å². The summed E-state index contributed by atoms with van der Waals surface area (Å²) in [5.41, 5.74) is 2.24. The number of aryl methyl sites for hydroxylation is 1. The van der Waals surface area contributed by atoms with Crippen molar-refractivity contribution in [3.8, 4) is 0 Å². The summed E-state index contributed by atoms with van der Waals surface area (Å²) >= 11 is 0. The van der Waals surface area contributed by atoms with Crippen molar-refractivity contribution >= 4 is 15.9 Å². The second-order valence-corrected chi connectivity index (χ2v) is 9.19. The van der Waals surface area contributed by atoms with Gasteiger partial charge in [-0.2, -0.15) is 9.40 Å². The fraction of sp³-hybridized carbons (Fsp3) is 0.444. The van der Waals surface area contributed by atoms with E-state index in [1.807, 2.05) is 37.3 Å². The number of fused-ring (bicyclic) bond motifs is 1. The highest BCUT2D eigenvalue weighted by molar-refractivity contribution is 7.88. The molecular formula is C18H22N4O3S. The first-order chi connectivity index (χ1) is 12.3. The summed E-state index contributed by atoms with van der Waals surface area (Å²) in [6, 6.07) is 11.2. The van der Waals surface area contributed by atoms with Crippen molar-refractivity contribution in [1.82, 2.24) is 19.4 Å². The minimum Gasteiger partial charge on any atom is -0.337 e. The summed E-state index contributed by atoms with van der Waals surface area (Å²) in [6.07, 6.45) is 1.26. The second kappa shape index (κ2) is 6.21. The number of aromatic nitrogens is 2. The fourth-order valence-electron chi connectivity index (χ4n) is 4.27. The van der Waals surface area contributed by atoms with E-state index in [2.05, 4.69) is 10.2 Å². The van der Waals surface area contributed by atoms with Gasteiger partial charge in [-0.1, -0.05) is 30.3 Å². The van der Waals surface area contributed by atoms with E-state index in [1.165, 1.54) is 6.26 Å². The third-order valence-electron chi connectivity index (χ3n) is 5.40. The molecule has 3 heterocycles. The Balaban J connectivity index is 1.62. The number of benzene rings is 1. The predicted octanol–water partition coefficient (Wildman–Crippen LogP) is 1.42. The molecule has 0 radical (unpaired) electrons. The molecule has 3 atom stereocenters. The maximum absolute atomic E-state index is 12.7. The fourth-order valence-corrected chi connectivity index (χ4v) is 5.42. The van der Waals surface area contributed by atoms with Crippen LogP contribution in [-0.2, 0) is 10.0 Å². The molecule has 0 saturated carbocycles.